The zero-order valence-corrected chi connectivity index (χ0v) is 26.2. The number of amides is 2. The molecule has 2 aliphatic heterocycles. The van der Waals surface area contributed by atoms with E-state index in [0.717, 1.165) is 33.6 Å². The number of carbonyl (C=O) groups is 2. The lowest BCUT2D eigenvalue weighted by Crippen LogP contribution is -2.23. The summed E-state index contributed by atoms with van der Waals surface area (Å²) in [5.41, 5.74) is 10.6. The second-order valence-electron chi connectivity index (χ2n) is 9.14. The molecule has 2 heterocycles. The van der Waals surface area contributed by atoms with Crippen LogP contribution in [0.3, 0.4) is 0 Å². The maximum Gasteiger partial charge on any atom is 0.325 e. The molecule has 2 amide bonds. The van der Waals surface area contributed by atoms with Crippen LogP contribution in [0.2, 0.25) is 0 Å². The number of nitrogens with zero attached hydrogens (tertiary/aromatic N) is 2. The minimum Gasteiger partial charge on any atom is -0.291 e. The van der Waals surface area contributed by atoms with E-state index in [4.69, 9.17) is 11.6 Å². The summed E-state index contributed by atoms with van der Waals surface area (Å²) in [7, 11) is 0. The van der Waals surface area contributed by atoms with E-state index in [9.17, 15) is 14.8 Å². The van der Waals surface area contributed by atoms with Crippen molar-refractivity contribution in [3.8, 4) is 0 Å². The molecule has 0 aromatic heterocycles. The van der Waals surface area contributed by atoms with Gasteiger partial charge in [0.1, 0.15) is 0 Å². The summed E-state index contributed by atoms with van der Waals surface area (Å²) in [5.74, 6) is 0.0265. The van der Waals surface area contributed by atoms with Gasteiger partial charge in [0.05, 0.1) is 28.4 Å². The van der Waals surface area contributed by atoms with Crippen LogP contribution in [0, 0.1) is 6.92 Å². The Morgan fingerprint density at radius 3 is 1.67 bits per heavy atom. The second kappa shape index (κ2) is 15.5. The predicted molar refractivity (Wildman–Crippen MR) is 181 cm³/mol. The Kier molecular flexibility index (Phi) is 11.9. The van der Waals surface area contributed by atoms with Crippen molar-refractivity contribution in [1.82, 2.24) is 5.48 Å². The fourth-order valence-electron chi connectivity index (χ4n) is 4.85. The zero-order chi connectivity index (χ0) is 31.5. The maximum absolute atomic E-state index is 12.0. The molecule has 0 atom stereocenters. The number of para-hydroxylation sites is 3. The molecule has 0 saturated carbocycles. The van der Waals surface area contributed by atoms with E-state index in [-0.39, 0.29) is 5.91 Å². The topological polar surface area (TPSA) is 72.9 Å². The predicted octanol–water partition coefficient (Wildman–Crippen LogP) is 10.2. The van der Waals surface area contributed by atoms with Crippen molar-refractivity contribution < 1.29 is 14.8 Å². The number of anilines is 4. The number of rotatable bonds is 1. The van der Waals surface area contributed by atoms with Crippen molar-refractivity contribution in [3.63, 3.8) is 0 Å². The number of aryl methyl sites for hydroxylation is 1. The molecule has 2 N–H and O–H groups in total. The Balaban J connectivity index is 0.000000213. The number of benzene rings is 4. The van der Waals surface area contributed by atoms with E-state index in [1.807, 2.05) is 120 Å². The number of nitrogens with one attached hydrogen (secondary N) is 1. The molecule has 6 rings (SSSR count). The summed E-state index contributed by atoms with van der Waals surface area (Å²) < 4.78 is 0. The van der Waals surface area contributed by atoms with Crippen LogP contribution < -0.4 is 15.3 Å². The molecule has 0 saturated heterocycles. The monoisotopic (exact) mass is 595 g/mol. The first-order valence-electron chi connectivity index (χ1n) is 14.4. The van der Waals surface area contributed by atoms with Crippen LogP contribution in [0.25, 0.3) is 23.9 Å². The van der Waals surface area contributed by atoms with Crippen LogP contribution >= 0.6 is 11.6 Å². The van der Waals surface area contributed by atoms with E-state index in [0.29, 0.717) is 22.6 Å². The normalized spacial score (nSPS) is 11.9. The van der Waals surface area contributed by atoms with Gasteiger partial charge in [-0.05, 0) is 66.1 Å². The lowest BCUT2D eigenvalue weighted by atomic mass is 10.1. The standard InChI is InChI=1S/C16H13ClN2O2.C16H13NO.2C2H6/c1-10-6-7-14-11(8-10)9-13(18-21)12-4-2-3-5-15(12)19(14)16(17)20;1-12(18)17-15-8-4-2-6-13(15)10-11-14-7-3-5-9-16(14)17;2*1-2/h2-9,18,21H,1H3;2-11H,1H3;2*1-2H3. The molecule has 0 radical (unpaired) electrons. The summed E-state index contributed by atoms with van der Waals surface area (Å²) in [4.78, 5) is 27.1. The summed E-state index contributed by atoms with van der Waals surface area (Å²) in [6.45, 7) is 11.6. The molecule has 0 aliphatic carbocycles. The largest absolute Gasteiger partial charge is 0.325 e. The van der Waals surface area contributed by atoms with Gasteiger partial charge in [0, 0.05) is 18.1 Å². The minimum atomic E-state index is -0.597. The van der Waals surface area contributed by atoms with Crippen LogP contribution in [0.1, 0.15) is 62.4 Å². The third-order valence-corrected chi connectivity index (χ3v) is 6.74. The van der Waals surface area contributed by atoms with E-state index in [2.05, 4.69) is 17.6 Å². The number of hydrogen-bond donors (Lipinski definition) is 2. The van der Waals surface area contributed by atoms with Crippen molar-refractivity contribution in [2.75, 3.05) is 9.80 Å². The molecule has 4 aromatic rings. The van der Waals surface area contributed by atoms with Gasteiger partial charge in [-0.1, -0.05) is 106 Å². The van der Waals surface area contributed by atoms with Gasteiger partial charge >= 0.3 is 5.37 Å². The highest BCUT2D eigenvalue weighted by Gasteiger charge is 2.25. The molecule has 4 aromatic carbocycles. The smallest absolute Gasteiger partial charge is 0.291 e. The molecular formula is C36H38ClN3O3. The highest BCUT2D eigenvalue weighted by molar-refractivity contribution is 6.67. The van der Waals surface area contributed by atoms with Gasteiger partial charge in [-0.25, -0.2) is 0 Å². The molecule has 0 unspecified atom stereocenters. The van der Waals surface area contributed by atoms with Gasteiger partial charge < -0.3 is 0 Å². The van der Waals surface area contributed by atoms with E-state index < -0.39 is 5.37 Å². The molecule has 222 valence electrons. The molecule has 0 fully saturated rings. The van der Waals surface area contributed by atoms with Crippen molar-refractivity contribution in [1.29, 1.82) is 0 Å². The Labute approximate surface area is 259 Å². The average molecular weight is 596 g/mol. The fraction of sp³-hybridized carbons (Fsp3) is 0.167. The van der Waals surface area contributed by atoms with Crippen LogP contribution in [-0.2, 0) is 4.79 Å². The Morgan fingerprint density at radius 1 is 0.674 bits per heavy atom. The molecular weight excluding hydrogens is 558 g/mol. The summed E-state index contributed by atoms with van der Waals surface area (Å²) in [6, 6.07) is 28.8. The van der Waals surface area contributed by atoms with Crippen LogP contribution in [0.5, 0.6) is 0 Å². The Morgan fingerprint density at radius 2 is 1.16 bits per heavy atom. The summed E-state index contributed by atoms with van der Waals surface area (Å²) in [5, 5.41) is 8.83. The number of carbonyl (C=O) groups excluding carboxylic acids is 2. The number of hydrogen-bond acceptors (Lipinski definition) is 4. The van der Waals surface area contributed by atoms with Gasteiger partial charge in [0.15, 0.2) is 0 Å². The SMILES string of the molecule is CC.CC.CC(=O)N1c2ccccc2C=Cc2ccccc21.Cc1ccc2c(c1)C=C(NO)c1ccccc1N2C(=O)Cl. The number of fused-ring (bicyclic) bond motifs is 4. The lowest BCUT2D eigenvalue weighted by Gasteiger charge is -2.23. The molecule has 43 heavy (non-hydrogen) atoms. The quantitative estimate of drug-likeness (QED) is 0.130. The highest BCUT2D eigenvalue weighted by Crippen LogP contribution is 2.40. The van der Waals surface area contributed by atoms with Gasteiger partial charge in [-0.3, -0.25) is 30.1 Å². The average Bonchev–Trinajstić information content (AvgIpc) is 3.29. The molecule has 0 bridgehead atoms. The first-order chi connectivity index (χ1) is 20.9. The van der Waals surface area contributed by atoms with Crippen molar-refractivity contribution in [3.05, 3.63) is 119 Å². The summed E-state index contributed by atoms with van der Waals surface area (Å²) >= 11 is 5.80. The first-order valence-corrected chi connectivity index (χ1v) is 14.7. The molecule has 7 heteroatoms. The third-order valence-electron chi connectivity index (χ3n) is 6.57. The van der Waals surface area contributed by atoms with Crippen LogP contribution in [0.15, 0.2) is 91.0 Å². The van der Waals surface area contributed by atoms with Gasteiger partial charge in [-0.15, -0.1) is 0 Å². The molecule has 0 spiro atoms. The van der Waals surface area contributed by atoms with Gasteiger partial charge in [0.2, 0.25) is 5.91 Å². The highest BCUT2D eigenvalue weighted by atomic mass is 35.5. The van der Waals surface area contributed by atoms with Crippen molar-refractivity contribution in [2.24, 2.45) is 0 Å². The molecule has 2 aliphatic rings. The van der Waals surface area contributed by atoms with E-state index >= 15 is 0 Å². The maximum atomic E-state index is 12.0. The third kappa shape index (κ3) is 7.23. The molecule has 6 nitrogen and oxygen atoms in total. The van der Waals surface area contributed by atoms with Gasteiger partial charge in [0.25, 0.3) is 0 Å². The van der Waals surface area contributed by atoms with E-state index in [1.54, 1.807) is 24.0 Å². The van der Waals surface area contributed by atoms with Crippen LogP contribution in [-0.4, -0.2) is 16.5 Å². The van der Waals surface area contributed by atoms with Gasteiger partial charge in [-0.2, -0.15) is 0 Å². The Hall–Kier alpha value is -4.65. The number of hydroxylamine groups is 1. The first kappa shape index (κ1) is 32.9. The fourth-order valence-corrected chi connectivity index (χ4v) is 5.03. The lowest BCUT2D eigenvalue weighted by molar-refractivity contribution is -0.115. The Bertz CT molecular complexity index is 1600. The van der Waals surface area contributed by atoms with E-state index in [1.165, 1.54) is 4.90 Å². The zero-order valence-electron chi connectivity index (χ0n) is 25.4. The van der Waals surface area contributed by atoms with Crippen molar-refractivity contribution in [2.45, 2.75) is 41.5 Å². The van der Waals surface area contributed by atoms with Crippen molar-refractivity contribution >= 4 is 69.5 Å². The minimum absolute atomic E-state index is 0.0265. The summed E-state index contributed by atoms with van der Waals surface area (Å²) in [6.07, 6.45) is 5.90. The van der Waals surface area contributed by atoms with Crippen LogP contribution in [0.4, 0.5) is 27.5 Å². The second-order valence-corrected chi connectivity index (χ2v) is 9.47. The number of halogens is 1.